The van der Waals surface area contributed by atoms with Crippen LogP contribution in [0.25, 0.3) is 0 Å². The minimum Gasteiger partial charge on any atom is -0.493 e. The molecule has 5 rings (SSSR count). The Morgan fingerprint density at radius 3 is 2.63 bits per heavy atom. The number of nitrogens with two attached hydrogens (primary N) is 1. The molecule has 41 heavy (non-hydrogen) atoms. The van der Waals surface area contributed by atoms with Gasteiger partial charge in [-0.3, -0.25) is 0 Å². The maximum absolute atomic E-state index is 12.9. The van der Waals surface area contributed by atoms with Gasteiger partial charge >= 0.3 is 5.97 Å². The fourth-order valence-electron chi connectivity index (χ4n) is 4.85. The van der Waals surface area contributed by atoms with Gasteiger partial charge in [0, 0.05) is 11.6 Å². The minimum absolute atomic E-state index is 0.0238. The molecule has 2 N–H and O–H groups in total. The Morgan fingerprint density at radius 1 is 1.02 bits per heavy atom. The molecule has 0 aromatic heterocycles. The third-order valence-corrected chi connectivity index (χ3v) is 6.96. The van der Waals surface area contributed by atoms with Crippen molar-refractivity contribution >= 4 is 5.97 Å². The molecule has 0 saturated heterocycles. The highest BCUT2D eigenvalue weighted by Gasteiger charge is 2.33. The monoisotopic (exact) mass is 556 g/mol. The lowest BCUT2D eigenvalue weighted by Crippen LogP contribution is -2.39. The van der Waals surface area contributed by atoms with Crippen LogP contribution in [0.2, 0.25) is 0 Å². The van der Waals surface area contributed by atoms with Crippen molar-refractivity contribution in [3.8, 4) is 40.6 Å². The molecule has 2 aliphatic rings. The first-order chi connectivity index (χ1) is 20.0. The molecule has 2 atom stereocenters. The van der Waals surface area contributed by atoms with E-state index < -0.39 is 18.0 Å². The second kappa shape index (κ2) is 12.6. The predicted molar refractivity (Wildman–Crippen MR) is 150 cm³/mol. The lowest BCUT2D eigenvalue weighted by molar-refractivity contribution is -0.144. The maximum atomic E-state index is 12.9. The molecule has 2 heterocycles. The quantitative estimate of drug-likeness (QED) is 0.193. The van der Waals surface area contributed by atoms with Crippen LogP contribution in [0, 0.1) is 11.3 Å². The second-order valence-electron chi connectivity index (χ2n) is 9.73. The number of carbonyl (C=O) groups excluding carboxylic acids is 1. The lowest BCUT2D eigenvalue weighted by atomic mass is 9.83. The van der Waals surface area contributed by atoms with Crippen molar-refractivity contribution in [1.82, 2.24) is 0 Å². The van der Waals surface area contributed by atoms with Gasteiger partial charge in [-0.1, -0.05) is 50.5 Å². The average Bonchev–Trinajstić information content (AvgIpc) is 3.00. The summed E-state index contributed by atoms with van der Waals surface area (Å²) in [4.78, 5) is 12.9. The number of unbranched alkanes of at least 4 members (excludes halogenated alkanes) is 3. The van der Waals surface area contributed by atoms with Crippen LogP contribution in [-0.2, 0) is 4.79 Å². The molecule has 2 aliphatic heterocycles. The van der Waals surface area contributed by atoms with Gasteiger partial charge in [0.05, 0.1) is 19.6 Å². The summed E-state index contributed by atoms with van der Waals surface area (Å²) in [6.45, 7) is 2.79. The van der Waals surface area contributed by atoms with E-state index in [1.54, 1.807) is 43.5 Å². The summed E-state index contributed by atoms with van der Waals surface area (Å²) in [5.74, 6) is 1.70. The van der Waals surface area contributed by atoms with Crippen molar-refractivity contribution in [2.75, 3.05) is 20.3 Å². The number of ether oxygens (including phenoxy) is 6. The van der Waals surface area contributed by atoms with E-state index in [1.807, 2.05) is 24.3 Å². The van der Waals surface area contributed by atoms with Crippen LogP contribution >= 0.6 is 0 Å². The minimum atomic E-state index is -0.926. The van der Waals surface area contributed by atoms with Crippen LogP contribution in [0.15, 0.2) is 72.1 Å². The molecule has 0 aliphatic carbocycles. The highest BCUT2D eigenvalue weighted by molar-refractivity contribution is 5.78. The van der Waals surface area contributed by atoms with Gasteiger partial charge in [0.25, 0.3) is 0 Å². The smallest absolute Gasteiger partial charge is 0.356 e. The zero-order chi connectivity index (χ0) is 28.8. The maximum Gasteiger partial charge on any atom is 0.356 e. The molecule has 3 aromatic carbocycles. The molecule has 0 fully saturated rings. The number of methoxy groups -OCH3 is 1. The first-order valence-electron chi connectivity index (χ1n) is 13.6. The standard InChI is InChI=1S/C32H32N2O7/c1-3-4-5-8-15-37-25-14-11-20(16-28(25)36-2)30-22-13-12-21(17-27(22)41-31(34)23(30)18-33)39-32(35)29-19-38-24-9-6-7-10-26(24)40-29/h6-7,9-14,16-17,29-30H,3-5,8,15,19,34H2,1-2H3. The Kier molecular flexibility index (Phi) is 8.49. The summed E-state index contributed by atoms with van der Waals surface area (Å²) >= 11 is 0. The number of esters is 1. The van der Waals surface area contributed by atoms with E-state index >= 15 is 0 Å². The topological polar surface area (TPSA) is 122 Å². The highest BCUT2D eigenvalue weighted by atomic mass is 16.6. The van der Waals surface area contributed by atoms with Crippen molar-refractivity contribution in [2.45, 2.75) is 44.6 Å². The Labute approximate surface area is 239 Å². The fraction of sp³-hybridized carbons (Fsp3) is 0.312. The summed E-state index contributed by atoms with van der Waals surface area (Å²) in [6, 6.07) is 19.9. The van der Waals surface area contributed by atoms with Crippen LogP contribution in [0.5, 0.6) is 34.5 Å². The Hall–Kier alpha value is -4.84. The normalized spacial score (nSPS) is 17.1. The molecule has 212 valence electrons. The SMILES string of the molecule is CCCCCCOc1ccc(C2C(C#N)=C(N)Oc3cc(OC(=O)C4COc5ccccc5O4)ccc32)cc1OC. The molecular formula is C32H32N2O7. The summed E-state index contributed by atoms with van der Waals surface area (Å²) < 4.78 is 34.4. The van der Waals surface area contributed by atoms with E-state index in [9.17, 15) is 10.1 Å². The molecule has 3 aromatic rings. The molecule has 9 heteroatoms. The van der Waals surface area contributed by atoms with Crippen LogP contribution in [0.3, 0.4) is 0 Å². The molecule has 0 saturated carbocycles. The summed E-state index contributed by atoms with van der Waals surface area (Å²) in [6.07, 6.45) is 3.48. The van der Waals surface area contributed by atoms with Crippen molar-refractivity contribution in [1.29, 1.82) is 5.26 Å². The number of carbonyl (C=O) groups is 1. The van der Waals surface area contributed by atoms with Crippen molar-refractivity contribution in [3.05, 3.63) is 83.2 Å². The van der Waals surface area contributed by atoms with Gasteiger partial charge in [0.1, 0.15) is 29.7 Å². The van der Waals surface area contributed by atoms with Gasteiger partial charge in [0.2, 0.25) is 12.0 Å². The van der Waals surface area contributed by atoms with Gasteiger partial charge < -0.3 is 34.2 Å². The van der Waals surface area contributed by atoms with E-state index in [0.717, 1.165) is 24.8 Å². The molecule has 0 spiro atoms. The van der Waals surface area contributed by atoms with E-state index in [2.05, 4.69) is 13.0 Å². The number of allylic oxidation sites excluding steroid dienone is 1. The summed E-state index contributed by atoms with van der Waals surface area (Å²) in [5, 5.41) is 9.96. The van der Waals surface area contributed by atoms with Gasteiger partial charge in [-0.15, -0.1) is 0 Å². The van der Waals surface area contributed by atoms with E-state index in [1.165, 1.54) is 6.42 Å². The Balaban J connectivity index is 1.36. The average molecular weight is 557 g/mol. The predicted octanol–water partition coefficient (Wildman–Crippen LogP) is 5.62. The van der Waals surface area contributed by atoms with Crippen molar-refractivity contribution < 1.29 is 33.2 Å². The number of nitriles is 1. The third-order valence-electron chi connectivity index (χ3n) is 6.96. The van der Waals surface area contributed by atoms with Gasteiger partial charge in [-0.05, 0) is 42.3 Å². The number of rotatable bonds is 10. The zero-order valence-electron chi connectivity index (χ0n) is 23.1. The van der Waals surface area contributed by atoms with Crippen LogP contribution < -0.4 is 34.2 Å². The second-order valence-corrected chi connectivity index (χ2v) is 9.73. The molecule has 0 amide bonds. The molecular weight excluding hydrogens is 524 g/mol. The molecule has 0 radical (unpaired) electrons. The highest BCUT2D eigenvalue weighted by Crippen LogP contribution is 2.45. The lowest BCUT2D eigenvalue weighted by Gasteiger charge is -2.27. The van der Waals surface area contributed by atoms with Crippen LogP contribution in [0.1, 0.15) is 49.7 Å². The van der Waals surface area contributed by atoms with E-state index in [-0.39, 0.29) is 23.8 Å². The van der Waals surface area contributed by atoms with Gasteiger partial charge in [-0.25, -0.2) is 4.79 Å². The zero-order valence-corrected chi connectivity index (χ0v) is 23.1. The van der Waals surface area contributed by atoms with E-state index in [0.29, 0.717) is 40.9 Å². The molecule has 2 unspecified atom stereocenters. The molecule has 0 bridgehead atoms. The van der Waals surface area contributed by atoms with Gasteiger partial charge in [0.15, 0.2) is 23.0 Å². The van der Waals surface area contributed by atoms with E-state index in [4.69, 9.17) is 34.2 Å². The number of nitrogens with zero attached hydrogens (tertiary/aromatic N) is 1. The number of fused-ring (bicyclic) bond motifs is 2. The largest absolute Gasteiger partial charge is 0.493 e. The third kappa shape index (κ3) is 6.02. The Morgan fingerprint density at radius 2 is 1.85 bits per heavy atom. The van der Waals surface area contributed by atoms with Crippen LogP contribution in [-0.4, -0.2) is 32.4 Å². The first kappa shape index (κ1) is 27.7. The first-order valence-corrected chi connectivity index (χ1v) is 13.6. The fourth-order valence-corrected chi connectivity index (χ4v) is 4.85. The van der Waals surface area contributed by atoms with Crippen molar-refractivity contribution in [3.63, 3.8) is 0 Å². The number of para-hydroxylation sites is 2. The van der Waals surface area contributed by atoms with Crippen molar-refractivity contribution in [2.24, 2.45) is 5.73 Å². The number of hydrogen-bond acceptors (Lipinski definition) is 9. The number of hydrogen-bond donors (Lipinski definition) is 1. The van der Waals surface area contributed by atoms with Crippen LogP contribution in [0.4, 0.5) is 0 Å². The summed E-state index contributed by atoms with van der Waals surface area (Å²) in [7, 11) is 1.58. The van der Waals surface area contributed by atoms with Gasteiger partial charge in [-0.2, -0.15) is 5.26 Å². The molecule has 9 nitrogen and oxygen atoms in total. The number of benzene rings is 3. The Bertz CT molecular complexity index is 1490. The summed E-state index contributed by atoms with van der Waals surface area (Å²) in [5.41, 5.74) is 7.92.